The van der Waals surface area contributed by atoms with Crippen molar-refractivity contribution < 1.29 is 8.78 Å². The van der Waals surface area contributed by atoms with E-state index in [2.05, 4.69) is 20.8 Å². The van der Waals surface area contributed by atoms with Gasteiger partial charge in [0.05, 0.1) is 4.47 Å². The molecule has 1 fully saturated rings. The highest BCUT2D eigenvalue weighted by molar-refractivity contribution is 9.10. The molecule has 1 heterocycles. The molecule has 1 aliphatic rings. The van der Waals surface area contributed by atoms with Crippen LogP contribution in [0.15, 0.2) is 16.6 Å². The Hall–Kier alpha value is -0.520. The summed E-state index contributed by atoms with van der Waals surface area (Å²) in [5.74, 6) is -0.567. The normalized spacial score (nSPS) is 22.4. The molecule has 100 valence electrons. The monoisotopic (exact) mass is 318 g/mol. The van der Waals surface area contributed by atoms with Gasteiger partial charge in [-0.2, -0.15) is 0 Å². The van der Waals surface area contributed by atoms with Crippen molar-refractivity contribution >= 4 is 15.9 Å². The largest absolute Gasteiger partial charge is 0.328 e. The van der Waals surface area contributed by atoms with Gasteiger partial charge in [0, 0.05) is 24.7 Å². The van der Waals surface area contributed by atoms with Gasteiger partial charge in [-0.05, 0) is 53.9 Å². The highest BCUT2D eigenvalue weighted by Crippen LogP contribution is 2.26. The Morgan fingerprint density at radius 1 is 1.50 bits per heavy atom. The summed E-state index contributed by atoms with van der Waals surface area (Å²) in [5, 5.41) is 0. The molecule has 0 bridgehead atoms. The van der Waals surface area contributed by atoms with E-state index in [0.717, 1.165) is 19.5 Å². The summed E-state index contributed by atoms with van der Waals surface area (Å²) < 4.78 is 27.8. The number of benzene rings is 1. The smallest absolute Gasteiger partial charge is 0.144 e. The molecule has 1 aromatic rings. The van der Waals surface area contributed by atoms with Gasteiger partial charge >= 0.3 is 0 Å². The summed E-state index contributed by atoms with van der Waals surface area (Å²) in [6.45, 7) is 3.94. The van der Waals surface area contributed by atoms with Crippen LogP contribution >= 0.6 is 15.9 Å². The molecular formula is C13H17BrF2N2. The Bertz CT molecular complexity index is 437. The standard InChI is InChI=1S/C13H17BrF2N2/c1-8(17)9-4-5-18(6-9)7-10-12(15)3-2-11(14)13(10)16/h2-3,8-9H,4-7,17H2,1H3. The van der Waals surface area contributed by atoms with E-state index in [1.54, 1.807) is 0 Å². The second-order valence-electron chi connectivity index (χ2n) is 4.96. The molecule has 2 unspecified atom stereocenters. The minimum absolute atomic E-state index is 0.132. The van der Waals surface area contributed by atoms with E-state index in [9.17, 15) is 8.78 Å². The summed E-state index contributed by atoms with van der Waals surface area (Å²) in [6, 6.07) is 2.82. The molecule has 2 nitrogen and oxygen atoms in total. The lowest BCUT2D eigenvalue weighted by Gasteiger charge is -2.18. The highest BCUT2D eigenvalue weighted by Gasteiger charge is 2.26. The van der Waals surface area contributed by atoms with E-state index in [0.29, 0.717) is 16.9 Å². The van der Waals surface area contributed by atoms with E-state index in [1.165, 1.54) is 12.1 Å². The number of halogens is 3. The molecule has 1 aliphatic heterocycles. The first kappa shape index (κ1) is 13.9. The number of hydrogen-bond donors (Lipinski definition) is 1. The summed E-state index contributed by atoms with van der Waals surface area (Å²) in [6.07, 6.45) is 0.995. The molecule has 2 rings (SSSR count). The Morgan fingerprint density at radius 2 is 2.22 bits per heavy atom. The van der Waals surface area contributed by atoms with Crippen LogP contribution in [-0.4, -0.2) is 24.0 Å². The number of nitrogens with zero attached hydrogens (tertiary/aromatic N) is 1. The van der Waals surface area contributed by atoms with E-state index in [-0.39, 0.29) is 11.6 Å². The van der Waals surface area contributed by atoms with Crippen molar-refractivity contribution in [3.05, 3.63) is 33.8 Å². The van der Waals surface area contributed by atoms with Gasteiger partial charge in [0.25, 0.3) is 0 Å². The molecule has 0 aromatic heterocycles. The van der Waals surface area contributed by atoms with E-state index in [4.69, 9.17) is 5.73 Å². The van der Waals surface area contributed by atoms with Crippen molar-refractivity contribution in [1.29, 1.82) is 0 Å². The average Bonchev–Trinajstić information content (AvgIpc) is 2.78. The lowest BCUT2D eigenvalue weighted by Crippen LogP contribution is -2.29. The predicted octanol–water partition coefficient (Wildman–Crippen LogP) is 2.90. The average molecular weight is 319 g/mol. The van der Waals surface area contributed by atoms with Gasteiger partial charge in [-0.15, -0.1) is 0 Å². The van der Waals surface area contributed by atoms with Gasteiger partial charge < -0.3 is 5.73 Å². The topological polar surface area (TPSA) is 29.3 Å². The first-order chi connectivity index (χ1) is 8.49. The van der Waals surface area contributed by atoms with Gasteiger partial charge in [-0.25, -0.2) is 8.78 Å². The maximum absolute atomic E-state index is 13.8. The van der Waals surface area contributed by atoms with Crippen LogP contribution < -0.4 is 5.73 Å². The molecule has 0 aliphatic carbocycles. The van der Waals surface area contributed by atoms with Gasteiger partial charge in [-0.1, -0.05) is 0 Å². The summed E-state index contributed by atoms with van der Waals surface area (Å²) in [4.78, 5) is 2.06. The van der Waals surface area contributed by atoms with Gasteiger partial charge in [0.1, 0.15) is 11.6 Å². The van der Waals surface area contributed by atoms with Crippen molar-refractivity contribution in [2.45, 2.75) is 25.9 Å². The molecule has 1 aromatic carbocycles. The minimum Gasteiger partial charge on any atom is -0.328 e. The van der Waals surface area contributed by atoms with Crippen LogP contribution in [0, 0.1) is 17.6 Å². The molecule has 0 spiro atoms. The maximum Gasteiger partial charge on any atom is 0.144 e. The van der Waals surface area contributed by atoms with Crippen molar-refractivity contribution in [2.24, 2.45) is 11.7 Å². The van der Waals surface area contributed by atoms with Gasteiger partial charge in [0.15, 0.2) is 0 Å². The summed E-state index contributed by atoms with van der Waals surface area (Å²) >= 11 is 3.08. The summed E-state index contributed by atoms with van der Waals surface area (Å²) in [5.41, 5.74) is 5.99. The van der Waals surface area contributed by atoms with E-state index in [1.807, 2.05) is 6.92 Å². The fraction of sp³-hybridized carbons (Fsp3) is 0.538. The van der Waals surface area contributed by atoms with Crippen LogP contribution in [0.2, 0.25) is 0 Å². The third-order valence-corrected chi connectivity index (χ3v) is 4.19. The zero-order valence-electron chi connectivity index (χ0n) is 10.3. The number of rotatable bonds is 3. The molecule has 1 saturated heterocycles. The molecule has 0 amide bonds. The van der Waals surface area contributed by atoms with Gasteiger partial charge in [-0.3, -0.25) is 4.90 Å². The molecular weight excluding hydrogens is 302 g/mol. The molecule has 18 heavy (non-hydrogen) atoms. The zero-order chi connectivity index (χ0) is 13.3. The molecule has 2 N–H and O–H groups in total. The second-order valence-corrected chi connectivity index (χ2v) is 5.82. The molecule has 0 saturated carbocycles. The van der Waals surface area contributed by atoms with E-state index >= 15 is 0 Å². The Labute approximate surface area is 114 Å². The quantitative estimate of drug-likeness (QED) is 0.868. The Balaban J connectivity index is 2.09. The van der Waals surface area contributed by atoms with Crippen molar-refractivity contribution in [3.63, 3.8) is 0 Å². The van der Waals surface area contributed by atoms with Crippen LogP contribution in [0.5, 0.6) is 0 Å². The number of hydrogen-bond acceptors (Lipinski definition) is 2. The first-order valence-electron chi connectivity index (χ1n) is 6.09. The lowest BCUT2D eigenvalue weighted by atomic mass is 10.0. The lowest BCUT2D eigenvalue weighted by molar-refractivity contribution is 0.298. The zero-order valence-corrected chi connectivity index (χ0v) is 11.9. The van der Waals surface area contributed by atoms with E-state index < -0.39 is 11.6 Å². The number of likely N-dealkylation sites (tertiary alicyclic amines) is 1. The minimum atomic E-state index is -0.501. The SMILES string of the molecule is CC(N)C1CCN(Cc2c(F)ccc(Br)c2F)C1. The first-order valence-corrected chi connectivity index (χ1v) is 6.88. The predicted molar refractivity (Wildman–Crippen MR) is 71.1 cm³/mol. The molecule has 0 radical (unpaired) electrons. The van der Waals surface area contributed by atoms with Crippen molar-refractivity contribution in [3.8, 4) is 0 Å². The number of nitrogens with two attached hydrogens (primary N) is 1. The van der Waals surface area contributed by atoms with Gasteiger partial charge in [0.2, 0.25) is 0 Å². The highest BCUT2D eigenvalue weighted by atomic mass is 79.9. The van der Waals surface area contributed by atoms with Crippen molar-refractivity contribution in [2.75, 3.05) is 13.1 Å². The Kier molecular flexibility index (Phi) is 4.35. The van der Waals surface area contributed by atoms with Crippen LogP contribution in [0.4, 0.5) is 8.78 Å². The second kappa shape index (κ2) is 5.63. The van der Waals surface area contributed by atoms with Crippen LogP contribution in [0.3, 0.4) is 0 Å². The summed E-state index contributed by atoms with van der Waals surface area (Å²) in [7, 11) is 0. The maximum atomic E-state index is 13.8. The molecule has 2 atom stereocenters. The van der Waals surface area contributed by atoms with Crippen LogP contribution in [-0.2, 0) is 6.54 Å². The van der Waals surface area contributed by atoms with Crippen LogP contribution in [0.25, 0.3) is 0 Å². The fourth-order valence-electron chi connectivity index (χ4n) is 2.37. The fourth-order valence-corrected chi connectivity index (χ4v) is 2.74. The Morgan fingerprint density at radius 3 is 2.83 bits per heavy atom. The van der Waals surface area contributed by atoms with Crippen molar-refractivity contribution in [1.82, 2.24) is 4.90 Å². The molecule has 5 heteroatoms. The third kappa shape index (κ3) is 2.90. The third-order valence-electron chi connectivity index (χ3n) is 3.57. The van der Waals surface area contributed by atoms with Crippen LogP contribution in [0.1, 0.15) is 18.9 Å².